The highest BCUT2D eigenvalue weighted by atomic mass is 16.1. The zero-order chi connectivity index (χ0) is 13.8. The molecule has 1 aliphatic carbocycles. The van der Waals surface area contributed by atoms with Crippen molar-refractivity contribution < 1.29 is 4.79 Å². The molecule has 1 amide bonds. The molecular formula is C16H23N3O. The van der Waals surface area contributed by atoms with Crippen molar-refractivity contribution in [3.8, 4) is 0 Å². The van der Waals surface area contributed by atoms with Gasteiger partial charge in [0.2, 0.25) is 0 Å². The summed E-state index contributed by atoms with van der Waals surface area (Å²) in [7, 11) is 0. The first-order valence-electron chi connectivity index (χ1n) is 7.75. The molecule has 0 bridgehead atoms. The Morgan fingerprint density at radius 2 is 1.70 bits per heavy atom. The third-order valence-corrected chi connectivity index (χ3v) is 4.23. The number of hydrogen-bond acceptors (Lipinski definition) is 3. The van der Waals surface area contributed by atoms with E-state index in [1.54, 1.807) is 0 Å². The first-order chi connectivity index (χ1) is 9.83. The monoisotopic (exact) mass is 273 g/mol. The summed E-state index contributed by atoms with van der Waals surface area (Å²) in [4.78, 5) is 12.4. The van der Waals surface area contributed by atoms with E-state index in [2.05, 4.69) is 16.0 Å². The quantitative estimate of drug-likeness (QED) is 0.726. The number of anilines is 2. The predicted octanol–water partition coefficient (Wildman–Crippen LogP) is 2.98. The molecule has 0 spiro atoms. The molecule has 1 fully saturated rings. The molecule has 0 aromatic heterocycles. The largest absolute Gasteiger partial charge is 0.382 e. The lowest BCUT2D eigenvalue weighted by Crippen LogP contribution is -2.34. The SMILES string of the molecule is O=C(NC1CCCCCC1)c1ccc2c(c1)NCCN2. The first kappa shape index (κ1) is 13.3. The maximum Gasteiger partial charge on any atom is 0.251 e. The van der Waals surface area contributed by atoms with E-state index >= 15 is 0 Å². The first-order valence-corrected chi connectivity index (χ1v) is 7.75. The van der Waals surface area contributed by atoms with Crippen LogP contribution in [0.1, 0.15) is 48.9 Å². The molecule has 4 heteroatoms. The Labute approximate surface area is 120 Å². The molecule has 0 radical (unpaired) electrons. The number of fused-ring (bicyclic) bond motifs is 1. The van der Waals surface area contributed by atoms with Crippen molar-refractivity contribution in [3.63, 3.8) is 0 Å². The van der Waals surface area contributed by atoms with E-state index in [-0.39, 0.29) is 5.91 Å². The summed E-state index contributed by atoms with van der Waals surface area (Å²) in [5, 5.41) is 9.85. The zero-order valence-electron chi connectivity index (χ0n) is 11.9. The van der Waals surface area contributed by atoms with E-state index in [0.717, 1.165) is 42.9 Å². The number of carbonyl (C=O) groups is 1. The highest BCUT2D eigenvalue weighted by molar-refractivity contribution is 5.96. The van der Waals surface area contributed by atoms with Crippen molar-refractivity contribution in [1.29, 1.82) is 0 Å². The van der Waals surface area contributed by atoms with Crippen molar-refractivity contribution >= 4 is 17.3 Å². The smallest absolute Gasteiger partial charge is 0.251 e. The molecule has 1 aliphatic heterocycles. The number of hydrogen-bond donors (Lipinski definition) is 3. The molecule has 1 aromatic rings. The molecule has 4 nitrogen and oxygen atoms in total. The van der Waals surface area contributed by atoms with Crippen LogP contribution in [0.25, 0.3) is 0 Å². The molecule has 0 saturated heterocycles. The van der Waals surface area contributed by atoms with Crippen molar-refractivity contribution in [1.82, 2.24) is 5.32 Å². The normalized spacial score (nSPS) is 19.2. The summed E-state index contributed by atoms with van der Waals surface area (Å²) >= 11 is 0. The number of benzene rings is 1. The highest BCUT2D eigenvalue weighted by Crippen LogP contribution is 2.25. The van der Waals surface area contributed by atoms with Gasteiger partial charge in [-0.3, -0.25) is 4.79 Å². The van der Waals surface area contributed by atoms with E-state index in [0.29, 0.717) is 6.04 Å². The summed E-state index contributed by atoms with van der Waals surface area (Å²) < 4.78 is 0. The fraction of sp³-hybridized carbons (Fsp3) is 0.562. The predicted molar refractivity (Wildman–Crippen MR) is 82.4 cm³/mol. The second-order valence-corrected chi connectivity index (χ2v) is 5.78. The molecule has 1 saturated carbocycles. The van der Waals surface area contributed by atoms with Gasteiger partial charge in [0.05, 0.1) is 11.4 Å². The van der Waals surface area contributed by atoms with E-state index in [1.165, 1.54) is 25.7 Å². The highest BCUT2D eigenvalue weighted by Gasteiger charge is 2.17. The summed E-state index contributed by atoms with van der Waals surface area (Å²) in [5.74, 6) is 0.0621. The average Bonchev–Trinajstić information content (AvgIpc) is 2.75. The number of carbonyl (C=O) groups excluding carboxylic acids is 1. The second-order valence-electron chi connectivity index (χ2n) is 5.78. The minimum atomic E-state index is 0.0621. The molecule has 3 N–H and O–H groups in total. The molecule has 0 unspecified atom stereocenters. The molecule has 0 atom stereocenters. The maximum atomic E-state index is 12.4. The van der Waals surface area contributed by atoms with E-state index in [4.69, 9.17) is 0 Å². The van der Waals surface area contributed by atoms with Crippen LogP contribution >= 0.6 is 0 Å². The van der Waals surface area contributed by atoms with Gasteiger partial charge in [-0.2, -0.15) is 0 Å². The van der Waals surface area contributed by atoms with Crippen LogP contribution in [0.2, 0.25) is 0 Å². The van der Waals surface area contributed by atoms with Crippen LogP contribution in [-0.4, -0.2) is 25.0 Å². The van der Waals surface area contributed by atoms with Gasteiger partial charge < -0.3 is 16.0 Å². The topological polar surface area (TPSA) is 53.2 Å². The van der Waals surface area contributed by atoms with Gasteiger partial charge in [-0.25, -0.2) is 0 Å². The van der Waals surface area contributed by atoms with E-state index in [1.807, 2.05) is 18.2 Å². The summed E-state index contributed by atoms with van der Waals surface area (Å²) in [6.07, 6.45) is 7.33. The van der Waals surface area contributed by atoms with Crippen LogP contribution in [0.3, 0.4) is 0 Å². The van der Waals surface area contributed by atoms with E-state index < -0.39 is 0 Å². The number of amides is 1. The van der Waals surface area contributed by atoms with Crippen LogP contribution in [-0.2, 0) is 0 Å². The summed E-state index contributed by atoms with van der Waals surface area (Å²) in [5.41, 5.74) is 2.87. The third kappa shape index (κ3) is 3.06. The summed E-state index contributed by atoms with van der Waals surface area (Å²) in [6.45, 7) is 1.83. The number of nitrogens with one attached hydrogen (secondary N) is 3. The molecule has 20 heavy (non-hydrogen) atoms. The van der Waals surface area contributed by atoms with Crippen LogP contribution in [0, 0.1) is 0 Å². The molecule has 1 heterocycles. The fourth-order valence-electron chi connectivity index (χ4n) is 3.07. The van der Waals surface area contributed by atoms with E-state index in [9.17, 15) is 4.79 Å². The van der Waals surface area contributed by atoms with Gasteiger partial charge >= 0.3 is 0 Å². The fourth-order valence-corrected chi connectivity index (χ4v) is 3.07. The lowest BCUT2D eigenvalue weighted by Gasteiger charge is -2.21. The zero-order valence-corrected chi connectivity index (χ0v) is 11.9. The van der Waals surface area contributed by atoms with Crippen molar-refractivity contribution in [3.05, 3.63) is 23.8 Å². The van der Waals surface area contributed by atoms with Crippen molar-refractivity contribution in [2.45, 2.75) is 44.6 Å². The number of rotatable bonds is 2. The molecule has 3 rings (SSSR count). The van der Waals surface area contributed by atoms with Gasteiger partial charge in [-0.05, 0) is 31.0 Å². The van der Waals surface area contributed by atoms with Crippen LogP contribution < -0.4 is 16.0 Å². The van der Waals surface area contributed by atoms with Gasteiger partial charge in [0.25, 0.3) is 5.91 Å². The van der Waals surface area contributed by atoms with Crippen molar-refractivity contribution in [2.75, 3.05) is 23.7 Å². The van der Waals surface area contributed by atoms with Gasteiger partial charge in [0.1, 0.15) is 0 Å². The molecular weight excluding hydrogens is 250 g/mol. The Morgan fingerprint density at radius 1 is 1.00 bits per heavy atom. The van der Waals surface area contributed by atoms with Crippen LogP contribution in [0.15, 0.2) is 18.2 Å². The lowest BCUT2D eigenvalue weighted by atomic mass is 10.1. The molecule has 2 aliphatic rings. The lowest BCUT2D eigenvalue weighted by molar-refractivity contribution is 0.0933. The second kappa shape index (κ2) is 6.16. The van der Waals surface area contributed by atoms with Gasteiger partial charge in [-0.1, -0.05) is 25.7 Å². The Morgan fingerprint density at radius 3 is 2.45 bits per heavy atom. The van der Waals surface area contributed by atoms with Crippen LogP contribution in [0.4, 0.5) is 11.4 Å². The Balaban J connectivity index is 1.67. The van der Waals surface area contributed by atoms with Gasteiger partial charge in [-0.15, -0.1) is 0 Å². The standard InChI is InChI=1S/C16H23N3O/c20-16(19-13-5-3-1-2-4-6-13)12-7-8-14-15(11-12)18-10-9-17-14/h7-8,11,13,17-18H,1-6,9-10H2,(H,19,20). The Bertz CT molecular complexity index is 479. The van der Waals surface area contributed by atoms with Gasteiger partial charge in [0, 0.05) is 24.7 Å². The summed E-state index contributed by atoms with van der Waals surface area (Å²) in [6, 6.07) is 6.20. The third-order valence-electron chi connectivity index (χ3n) is 4.23. The average molecular weight is 273 g/mol. The Hall–Kier alpha value is -1.71. The minimum absolute atomic E-state index is 0.0621. The van der Waals surface area contributed by atoms with Crippen LogP contribution in [0.5, 0.6) is 0 Å². The van der Waals surface area contributed by atoms with Gasteiger partial charge in [0.15, 0.2) is 0 Å². The minimum Gasteiger partial charge on any atom is -0.382 e. The molecule has 108 valence electrons. The van der Waals surface area contributed by atoms with Crippen molar-refractivity contribution in [2.24, 2.45) is 0 Å². The Kier molecular flexibility index (Phi) is 4.09. The maximum absolute atomic E-state index is 12.4. The molecule has 1 aromatic carbocycles.